The van der Waals surface area contributed by atoms with E-state index in [1.54, 1.807) is 0 Å². The molecule has 2 heterocycles. The average Bonchev–Trinajstić information content (AvgIpc) is 2.69. The Balaban J connectivity index is 1.60. The van der Waals surface area contributed by atoms with E-state index >= 15 is 0 Å². The minimum Gasteiger partial charge on any atom is -0.317 e. The summed E-state index contributed by atoms with van der Waals surface area (Å²) >= 11 is 0. The summed E-state index contributed by atoms with van der Waals surface area (Å²) in [7, 11) is 0. The van der Waals surface area contributed by atoms with Gasteiger partial charge in [-0.3, -0.25) is 0 Å². The minimum absolute atomic E-state index is 0.856. The van der Waals surface area contributed by atoms with Gasteiger partial charge < -0.3 is 10.6 Å². The van der Waals surface area contributed by atoms with Gasteiger partial charge in [0.25, 0.3) is 0 Å². The molecule has 13 heavy (non-hydrogen) atoms. The van der Waals surface area contributed by atoms with Crippen molar-refractivity contribution < 1.29 is 0 Å². The van der Waals surface area contributed by atoms with E-state index in [4.69, 9.17) is 0 Å². The van der Waals surface area contributed by atoms with Gasteiger partial charge in [0.2, 0.25) is 0 Å². The first-order valence-corrected chi connectivity index (χ1v) is 5.89. The van der Waals surface area contributed by atoms with Gasteiger partial charge in [-0.1, -0.05) is 0 Å². The molecule has 0 saturated carbocycles. The Labute approximate surface area is 81.5 Å². The van der Waals surface area contributed by atoms with E-state index in [9.17, 15) is 0 Å². The molecule has 0 spiro atoms. The standard InChI is InChI=1S/C11H22N2/c1-2-11(13-7-1)4-3-10-5-8-12-9-6-10/h10-13H,1-9H2/t11-/m1/s1. The molecule has 76 valence electrons. The van der Waals surface area contributed by atoms with Crippen LogP contribution in [0.4, 0.5) is 0 Å². The molecule has 2 fully saturated rings. The lowest BCUT2D eigenvalue weighted by atomic mass is 9.91. The van der Waals surface area contributed by atoms with E-state index < -0.39 is 0 Å². The van der Waals surface area contributed by atoms with Crippen molar-refractivity contribution in [3.8, 4) is 0 Å². The number of hydrogen-bond donors (Lipinski definition) is 2. The van der Waals surface area contributed by atoms with Crippen LogP contribution in [0.2, 0.25) is 0 Å². The molecule has 2 aliphatic rings. The molecule has 0 radical (unpaired) electrons. The second-order valence-corrected chi connectivity index (χ2v) is 4.56. The lowest BCUT2D eigenvalue weighted by Gasteiger charge is -2.23. The topological polar surface area (TPSA) is 24.1 Å². The monoisotopic (exact) mass is 182 g/mol. The first kappa shape index (κ1) is 9.47. The van der Waals surface area contributed by atoms with E-state index in [0.717, 1.165) is 12.0 Å². The zero-order valence-electron chi connectivity index (χ0n) is 8.52. The van der Waals surface area contributed by atoms with Crippen LogP contribution in [0.3, 0.4) is 0 Å². The summed E-state index contributed by atoms with van der Waals surface area (Å²) in [5, 5.41) is 7.01. The molecule has 0 unspecified atom stereocenters. The number of rotatable bonds is 3. The van der Waals surface area contributed by atoms with Gasteiger partial charge in [0.05, 0.1) is 0 Å². The second kappa shape index (κ2) is 4.97. The van der Waals surface area contributed by atoms with E-state index in [1.165, 1.54) is 58.2 Å². The Morgan fingerprint density at radius 3 is 2.46 bits per heavy atom. The highest BCUT2D eigenvalue weighted by Crippen LogP contribution is 2.21. The van der Waals surface area contributed by atoms with Crippen LogP contribution in [-0.4, -0.2) is 25.7 Å². The van der Waals surface area contributed by atoms with E-state index in [0.29, 0.717) is 0 Å². The van der Waals surface area contributed by atoms with Gasteiger partial charge in [0.1, 0.15) is 0 Å². The molecule has 2 heteroatoms. The van der Waals surface area contributed by atoms with Gasteiger partial charge in [-0.2, -0.15) is 0 Å². The number of nitrogens with one attached hydrogen (secondary N) is 2. The predicted molar refractivity (Wildman–Crippen MR) is 55.9 cm³/mol. The quantitative estimate of drug-likeness (QED) is 0.691. The Morgan fingerprint density at radius 1 is 0.923 bits per heavy atom. The molecule has 2 nitrogen and oxygen atoms in total. The van der Waals surface area contributed by atoms with Gasteiger partial charge in [0, 0.05) is 6.04 Å². The van der Waals surface area contributed by atoms with Crippen LogP contribution in [0.1, 0.15) is 38.5 Å². The molecule has 0 aromatic carbocycles. The van der Waals surface area contributed by atoms with Crippen molar-refractivity contribution >= 4 is 0 Å². The highest BCUT2D eigenvalue weighted by Gasteiger charge is 2.17. The fourth-order valence-corrected chi connectivity index (χ4v) is 2.61. The van der Waals surface area contributed by atoms with Crippen molar-refractivity contribution in [2.24, 2.45) is 5.92 Å². The first-order chi connectivity index (χ1) is 6.45. The number of piperidine rings is 1. The smallest absolute Gasteiger partial charge is 0.00676 e. The summed E-state index contributed by atoms with van der Waals surface area (Å²) in [6, 6.07) is 0.856. The molecule has 0 bridgehead atoms. The molecule has 0 aromatic heterocycles. The normalized spacial score (nSPS) is 30.9. The van der Waals surface area contributed by atoms with E-state index in [2.05, 4.69) is 10.6 Å². The van der Waals surface area contributed by atoms with E-state index in [1.807, 2.05) is 0 Å². The highest BCUT2D eigenvalue weighted by atomic mass is 14.9. The van der Waals surface area contributed by atoms with Gasteiger partial charge in [-0.25, -0.2) is 0 Å². The highest BCUT2D eigenvalue weighted by molar-refractivity contribution is 4.77. The van der Waals surface area contributed by atoms with Gasteiger partial charge in [-0.15, -0.1) is 0 Å². The molecule has 2 rings (SSSR count). The lowest BCUT2D eigenvalue weighted by molar-refractivity contribution is 0.332. The van der Waals surface area contributed by atoms with Crippen molar-refractivity contribution in [1.82, 2.24) is 10.6 Å². The molecule has 2 aliphatic heterocycles. The van der Waals surface area contributed by atoms with Crippen molar-refractivity contribution in [1.29, 1.82) is 0 Å². The molecule has 2 N–H and O–H groups in total. The molecular formula is C11H22N2. The zero-order chi connectivity index (χ0) is 8.93. The fourth-order valence-electron chi connectivity index (χ4n) is 2.61. The molecule has 0 amide bonds. The summed E-state index contributed by atoms with van der Waals surface area (Å²) in [5.74, 6) is 1.02. The van der Waals surface area contributed by atoms with Crippen LogP contribution in [0.15, 0.2) is 0 Å². The maximum atomic E-state index is 3.58. The summed E-state index contributed by atoms with van der Waals surface area (Å²) < 4.78 is 0. The fraction of sp³-hybridized carbons (Fsp3) is 1.00. The molecular weight excluding hydrogens is 160 g/mol. The van der Waals surface area contributed by atoms with Gasteiger partial charge in [-0.05, 0) is 64.1 Å². The first-order valence-electron chi connectivity index (χ1n) is 5.89. The van der Waals surface area contributed by atoms with Crippen LogP contribution >= 0.6 is 0 Å². The Morgan fingerprint density at radius 2 is 1.77 bits per heavy atom. The van der Waals surface area contributed by atoms with Crippen molar-refractivity contribution in [2.75, 3.05) is 19.6 Å². The average molecular weight is 182 g/mol. The van der Waals surface area contributed by atoms with Crippen LogP contribution in [-0.2, 0) is 0 Å². The van der Waals surface area contributed by atoms with Crippen LogP contribution in [0.5, 0.6) is 0 Å². The SMILES string of the molecule is C1CN[C@@H](CCC2CCNCC2)C1. The second-order valence-electron chi connectivity index (χ2n) is 4.56. The summed E-state index contributed by atoms with van der Waals surface area (Å²) in [6.07, 6.45) is 8.52. The zero-order valence-corrected chi connectivity index (χ0v) is 8.52. The van der Waals surface area contributed by atoms with E-state index in [-0.39, 0.29) is 0 Å². The third kappa shape index (κ3) is 2.96. The lowest BCUT2D eigenvalue weighted by Crippen LogP contribution is -2.29. The third-order valence-electron chi connectivity index (χ3n) is 3.54. The van der Waals surface area contributed by atoms with Crippen LogP contribution in [0.25, 0.3) is 0 Å². The van der Waals surface area contributed by atoms with Crippen LogP contribution < -0.4 is 10.6 Å². The predicted octanol–water partition coefficient (Wildman–Crippen LogP) is 1.52. The van der Waals surface area contributed by atoms with Gasteiger partial charge in [0.15, 0.2) is 0 Å². The van der Waals surface area contributed by atoms with Crippen molar-refractivity contribution in [3.05, 3.63) is 0 Å². The summed E-state index contributed by atoms with van der Waals surface area (Å²) in [4.78, 5) is 0. The van der Waals surface area contributed by atoms with Gasteiger partial charge >= 0.3 is 0 Å². The third-order valence-corrected chi connectivity index (χ3v) is 3.54. The summed E-state index contributed by atoms with van der Waals surface area (Å²) in [6.45, 7) is 3.77. The molecule has 2 saturated heterocycles. The minimum atomic E-state index is 0.856. The summed E-state index contributed by atoms with van der Waals surface area (Å²) in [5.41, 5.74) is 0. The maximum absolute atomic E-state index is 3.58. The maximum Gasteiger partial charge on any atom is 0.00676 e. The van der Waals surface area contributed by atoms with Crippen molar-refractivity contribution in [2.45, 2.75) is 44.6 Å². The number of hydrogen-bond acceptors (Lipinski definition) is 2. The Kier molecular flexibility index (Phi) is 3.62. The van der Waals surface area contributed by atoms with Crippen LogP contribution in [0, 0.1) is 5.92 Å². The molecule has 0 aromatic rings. The van der Waals surface area contributed by atoms with Crippen molar-refractivity contribution in [3.63, 3.8) is 0 Å². The Hall–Kier alpha value is -0.0800. The molecule has 1 atom stereocenters. The largest absolute Gasteiger partial charge is 0.317 e. The molecule has 0 aliphatic carbocycles. The Bertz CT molecular complexity index is 135.